The highest BCUT2D eigenvalue weighted by Gasteiger charge is 2.40. The Balaban J connectivity index is 1.54. The number of rotatable bonds is 3. The highest BCUT2D eigenvalue weighted by molar-refractivity contribution is 6.06. The van der Waals surface area contributed by atoms with Crippen molar-refractivity contribution in [2.24, 2.45) is 0 Å². The van der Waals surface area contributed by atoms with Crippen LogP contribution < -0.4 is 5.32 Å². The number of nitrogens with one attached hydrogen (secondary N) is 1. The zero-order chi connectivity index (χ0) is 20.0. The van der Waals surface area contributed by atoms with Crippen molar-refractivity contribution in [3.63, 3.8) is 0 Å². The molecule has 3 heterocycles. The van der Waals surface area contributed by atoms with Crippen molar-refractivity contribution in [1.29, 1.82) is 0 Å². The van der Waals surface area contributed by atoms with Crippen molar-refractivity contribution < 1.29 is 14.4 Å². The molecule has 0 saturated carbocycles. The molecule has 5 rings (SSSR count). The van der Waals surface area contributed by atoms with Gasteiger partial charge in [-0.05, 0) is 36.2 Å². The summed E-state index contributed by atoms with van der Waals surface area (Å²) in [6.07, 6.45) is 2.32. The number of piperidine rings is 1. The number of para-hydroxylation sites is 1. The number of amides is 3. The van der Waals surface area contributed by atoms with Gasteiger partial charge in [-0.2, -0.15) is 5.10 Å². The SMILES string of the molecule is O=C1CCC(N2Cc3c(cccc3-c3ccnn3-c3ccccc3)C2=O)C(=O)N1. The van der Waals surface area contributed by atoms with Crippen LogP contribution in [0.5, 0.6) is 0 Å². The molecule has 1 saturated heterocycles. The average molecular weight is 386 g/mol. The van der Waals surface area contributed by atoms with E-state index >= 15 is 0 Å². The summed E-state index contributed by atoms with van der Waals surface area (Å²) >= 11 is 0. The van der Waals surface area contributed by atoms with Crippen LogP contribution in [0, 0.1) is 0 Å². The van der Waals surface area contributed by atoms with Gasteiger partial charge in [0, 0.05) is 24.1 Å². The standard InChI is InChI=1S/C22H18N4O3/c27-20-10-9-19(21(28)24-20)25-13-17-15(7-4-8-16(17)22(25)29)18-11-12-23-26(18)14-5-2-1-3-6-14/h1-8,11-12,19H,9-10,13H2,(H,24,27,28). The Bertz CT molecular complexity index is 1140. The molecule has 3 amide bonds. The van der Waals surface area contributed by atoms with Crippen molar-refractivity contribution in [1.82, 2.24) is 20.0 Å². The van der Waals surface area contributed by atoms with Gasteiger partial charge in [-0.3, -0.25) is 19.7 Å². The molecule has 0 radical (unpaired) electrons. The van der Waals surface area contributed by atoms with Crippen molar-refractivity contribution in [2.45, 2.75) is 25.4 Å². The van der Waals surface area contributed by atoms with E-state index < -0.39 is 11.9 Å². The molecule has 1 unspecified atom stereocenters. The van der Waals surface area contributed by atoms with E-state index in [1.807, 2.05) is 53.2 Å². The Labute approximate surface area is 166 Å². The number of carbonyl (C=O) groups is 3. The molecule has 0 bridgehead atoms. The van der Waals surface area contributed by atoms with Gasteiger partial charge in [0.2, 0.25) is 11.8 Å². The second-order valence-electron chi connectivity index (χ2n) is 7.20. The summed E-state index contributed by atoms with van der Waals surface area (Å²) in [5.74, 6) is -0.872. The number of benzene rings is 2. The number of nitrogens with zero attached hydrogens (tertiary/aromatic N) is 3. The van der Waals surface area contributed by atoms with E-state index in [9.17, 15) is 14.4 Å². The number of hydrogen-bond donors (Lipinski definition) is 1. The number of carbonyl (C=O) groups excluding carboxylic acids is 3. The summed E-state index contributed by atoms with van der Waals surface area (Å²) in [6, 6.07) is 16.7. The van der Waals surface area contributed by atoms with Gasteiger partial charge >= 0.3 is 0 Å². The molecule has 0 spiro atoms. The van der Waals surface area contributed by atoms with Gasteiger partial charge in [0.1, 0.15) is 6.04 Å². The normalized spacial score (nSPS) is 18.7. The molecule has 144 valence electrons. The average Bonchev–Trinajstić information content (AvgIpc) is 3.34. The second-order valence-corrected chi connectivity index (χ2v) is 7.20. The molecule has 3 aromatic rings. The van der Waals surface area contributed by atoms with Gasteiger partial charge in [-0.25, -0.2) is 4.68 Å². The predicted octanol–water partition coefficient (Wildman–Crippen LogP) is 2.30. The van der Waals surface area contributed by atoms with Crippen LogP contribution in [0.1, 0.15) is 28.8 Å². The van der Waals surface area contributed by atoms with Gasteiger partial charge in [0.25, 0.3) is 5.91 Å². The van der Waals surface area contributed by atoms with E-state index in [1.54, 1.807) is 17.2 Å². The first-order chi connectivity index (χ1) is 14.1. The summed E-state index contributed by atoms with van der Waals surface area (Å²) in [4.78, 5) is 38.4. The number of hydrogen-bond acceptors (Lipinski definition) is 4. The van der Waals surface area contributed by atoms with Crippen LogP contribution in [0.25, 0.3) is 16.9 Å². The molecule has 7 heteroatoms. The molecule has 1 N–H and O–H groups in total. The van der Waals surface area contributed by atoms with E-state index in [1.165, 1.54) is 0 Å². The minimum atomic E-state index is -0.625. The summed E-state index contributed by atoms with van der Waals surface area (Å²) in [7, 11) is 0. The molecule has 2 aliphatic rings. The highest BCUT2D eigenvalue weighted by Crippen LogP contribution is 2.35. The summed E-state index contributed by atoms with van der Waals surface area (Å²) in [5, 5.41) is 6.79. The van der Waals surface area contributed by atoms with Gasteiger partial charge in [0.15, 0.2) is 0 Å². The first kappa shape index (κ1) is 17.4. The van der Waals surface area contributed by atoms with Gasteiger partial charge in [0.05, 0.1) is 17.6 Å². The maximum absolute atomic E-state index is 13.0. The van der Waals surface area contributed by atoms with Crippen LogP contribution in [0.3, 0.4) is 0 Å². The lowest BCUT2D eigenvalue weighted by Gasteiger charge is -2.29. The van der Waals surface area contributed by atoms with Crippen LogP contribution in [0.2, 0.25) is 0 Å². The van der Waals surface area contributed by atoms with Crippen LogP contribution in [0.15, 0.2) is 60.8 Å². The van der Waals surface area contributed by atoms with E-state index in [0.29, 0.717) is 18.5 Å². The smallest absolute Gasteiger partial charge is 0.255 e. The Kier molecular flexibility index (Phi) is 4.01. The van der Waals surface area contributed by atoms with Crippen molar-refractivity contribution in [3.05, 3.63) is 71.9 Å². The third kappa shape index (κ3) is 2.82. The fourth-order valence-corrected chi connectivity index (χ4v) is 4.11. The Morgan fingerprint density at radius 1 is 0.931 bits per heavy atom. The van der Waals surface area contributed by atoms with Crippen LogP contribution >= 0.6 is 0 Å². The molecule has 29 heavy (non-hydrogen) atoms. The Morgan fingerprint density at radius 3 is 2.52 bits per heavy atom. The molecule has 0 aliphatic carbocycles. The number of fused-ring (bicyclic) bond motifs is 1. The maximum atomic E-state index is 13.0. The lowest BCUT2D eigenvalue weighted by Crippen LogP contribution is -2.52. The molecule has 1 fully saturated rings. The van der Waals surface area contributed by atoms with Crippen LogP contribution in [0.4, 0.5) is 0 Å². The van der Waals surface area contributed by atoms with Crippen molar-refractivity contribution in [2.75, 3.05) is 0 Å². The zero-order valence-electron chi connectivity index (χ0n) is 15.5. The minimum absolute atomic E-state index is 0.179. The highest BCUT2D eigenvalue weighted by atomic mass is 16.2. The number of aromatic nitrogens is 2. The van der Waals surface area contributed by atoms with Gasteiger partial charge in [-0.15, -0.1) is 0 Å². The summed E-state index contributed by atoms with van der Waals surface area (Å²) < 4.78 is 1.84. The quantitative estimate of drug-likeness (QED) is 0.700. The largest absolute Gasteiger partial charge is 0.322 e. The first-order valence-corrected chi connectivity index (χ1v) is 9.50. The Hall–Kier alpha value is -3.74. The van der Waals surface area contributed by atoms with Crippen LogP contribution in [-0.2, 0) is 16.1 Å². The number of imide groups is 1. The first-order valence-electron chi connectivity index (χ1n) is 9.50. The lowest BCUT2D eigenvalue weighted by atomic mass is 10.0. The van der Waals surface area contributed by atoms with E-state index in [-0.39, 0.29) is 18.2 Å². The molecule has 1 atom stereocenters. The summed E-state index contributed by atoms with van der Waals surface area (Å²) in [5.41, 5.74) is 4.18. The fourth-order valence-electron chi connectivity index (χ4n) is 4.11. The van der Waals surface area contributed by atoms with Crippen molar-refractivity contribution in [3.8, 4) is 16.9 Å². The molecular formula is C22H18N4O3. The van der Waals surface area contributed by atoms with E-state index in [0.717, 1.165) is 22.5 Å². The van der Waals surface area contributed by atoms with Gasteiger partial charge < -0.3 is 4.90 Å². The monoisotopic (exact) mass is 386 g/mol. The summed E-state index contributed by atoms with van der Waals surface area (Å²) in [6.45, 7) is 0.330. The molecule has 1 aromatic heterocycles. The molecule has 7 nitrogen and oxygen atoms in total. The van der Waals surface area contributed by atoms with Crippen molar-refractivity contribution >= 4 is 17.7 Å². The lowest BCUT2D eigenvalue weighted by molar-refractivity contribution is -0.136. The van der Waals surface area contributed by atoms with Crippen LogP contribution in [-0.4, -0.2) is 38.4 Å². The molecule has 2 aliphatic heterocycles. The fraction of sp³-hybridized carbons (Fsp3) is 0.182. The van der Waals surface area contributed by atoms with E-state index in [2.05, 4.69) is 10.4 Å². The van der Waals surface area contributed by atoms with Gasteiger partial charge in [-0.1, -0.05) is 30.3 Å². The second kappa shape index (κ2) is 6.70. The predicted molar refractivity (Wildman–Crippen MR) is 105 cm³/mol. The Morgan fingerprint density at radius 2 is 1.72 bits per heavy atom. The topological polar surface area (TPSA) is 84.3 Å². The third-order valence-corrected chi connectivity index (χ3v) is 5.50. The molecule has 2 aromatic carbocycles. The zero-order valence-corrected chi connectivity index (χ0v) is 15.5. The third-order valence-electron chi connectivity index (χ3n) is 5.50. The minimum Gasteiger partial charge on any atom is -0.322 e. The van der Waals surface area contributed by atoms with E-state index in [4.69, 9.17) is 0 Å². The maximum Gasteiger partial charge on any atom is 0.255 e. The molecular weight excluding hydrogens is 368 g/mol.